The smallest absolute Gasteiger partial charge is 0.335 e. The number of rotatable bonds is 4. The van der Waals surface area contributed by atoms with Gasteiger partial charge < -0.3 is 10.2 Å². The molecule has 2 N–H and O–H groups in total. The van der Waals surface area contributed by atoms with E-state index in [2.05, 4.69) is 0 Å². The summed E-state index contributed by atoms with van der Waals surface area (Å²) in [6.07, 6.45) is 2.11. The first-order chi connectivity index (χ1) is 21.4. The third kappa shape index (κ3) is 4.01. The SMILES string of the molecule is C[C@@]12C(=O)N(c3ccc(F)c(Cl)c3)C(=O)[C@@H]1C[C@@H]1C(=CC[C@@H]3C(=O)N(c4cccc(C(=O)O)c4)C(=O)[C@@H]31)[C@@H]2c1ccccc1O. The number of aromatic carboxylic acids is 1. The standard InChI is InChI=1S/C34H26ClFN2O7/c1-34-23(30(41)38(33(34)45)18-9-12-25(36)24(35)14-18)15-22-19(28(34)20-7-2-3-8-26(20)39)10-11-21-27(22)31(42)37(29(21)40)17-6-4-5-16(13-17)32(43)44/h2-10,12-14,21-23,27-28,39H,11,15H2,1H3,(H,43,44)/t21-,22+,23-,27-,28+,34+/m0/s1. The highest BCUT2D eigenvalue weighted by molar-refractivity contribution is 6.32. The molecule has 2 aliphatic carbocycles. The number of nitrogens with zero attached hydrogens (tertiary/aromatic N) is 2. The van der Waals surface area contributed by atoms with E-state index in [0.717, 1.165) is 15.9 Å². The first-order valence-electron chi connectivity index (χ1n) is 14.5. The lowest BCUT2D eigenvalue weighted by Crippen LogP contribution is -2.48. The number of imide groups is 2. The van der Waals surface area contributed by atoms with Crippen molar-refractivity contribution < 1.29 is 38.6 Å². The first kappa shape index (κ1) is 28.9. The summed E-state index contributed by atoms with van der Waals surface area (Å²) in [7, 11) is 0. The maximum atomic E-state index is 14.4. The van der Waals surface area contributed by atoms with Crippen LogP contribution < -0.4 is 9.80 Å². The Kier molecular flexibility index (Phi) is 6.49. The average molecular weight is 629 g/mol. The van der Waals surface area contributed by atoms with Crippen LogP contribution in [0.1, 0.15) is 41.6 Å². The number of anilines is 2. The summed E-state index contributed by atoms with van der Waals surface area (Å²) in [4.78, 5) is 70.1. The quantitative estimate of drug-likeness (QED) is 0.295. The highest BCUT2D eigenvalue weighted by Gasteiger charge is 2.68. The number of fused-ring (bicyclic) bond motifs is 4. The molecule has 4 amide bonds. The summed E-state index contributed by atoms with van der Waals surface area (Å²) < 4.78 is 14.0. The summed E-state index contributed by atoms with van der Waals surface area (Å²) >= 11 is 6.03. The van der Waals surface area contributed by atoms with Crippen LogP contribution in [0.25, 0.3) is 0 Å². The molecule has 0 aromatic heterocycles. The number of carboxylic acids is 1. The number of phenols is 1. The highest BCUT2D eigenvalue weighted by atomic mass is 35.5. The molecule has 11 heteroatoms. The number of aromatic hydroxyl groups is 1. The minimum absolute atomic E-state index is 0.0750. The molecular weight excluding hydrogens is 603 g/mol. The second-order valence-electron chi connectivity index (χ2n) is 12.2. The molecule has 3 aromatic carbocycles. The molecule has 0 unspecified atom stereocenters. The van der Waals surface area contributed by atoms with Crippen molar-refractivity contribution in [2.24, 2.45) is 29.1 Å². The molecule has 228 valence electrons. The van der Waals surface area contributed by atoms with Crippen molar-refractivity contribution >= 4 is 52.6 Å². The van der Waals surface area contributed by atoms with Gasteiger partial charge in [-0.25, -0.2) is 14.1 Å². The molecule has 1 saturated carbocycles. The van der Waals surface area contributed by atoms with Gasteiger partial charge in [0.05, 0.1) is 45.1 Å². The number of halogens is 2. The number of hydrogen-bond donors (Lipinski definition) is 2. The van der Waals surface area contributed by atoms with E-state index in [1.165, 1.54) is 42.5 Å². The molecule has 7 rings (SSSR count). The highest BCUT2D eigenvalue weighted by Crippen LogP contribution is 2.64. The normalized spacial score (nSPS) is 29.0. The first-order valence-corrected chi connectivity index (χ1v) is 14.8. The third-order valence-electron chi connectivity index (χ3n) is 10.0. The minimum atomic E-state index is -1.40. The van der Waals surface area contributed by atoms with Gasteiger partial charge in [0.15, 0.2) is 0 Å². The Labute approximate surface area is 261 Å². The fraction of sp³-hybridized carbons (Fsp3) is 0.265. The lowest BCUT2D eigenvalue weighted by atomic mass is 9.51. The average Bonchev–Trinajstić information content (AvgIpc) is 3.38. The van der Waals surface area contributed by atoms with Crippen LogP contribution in [0.5, 0.6) is 5.75 Å². The van der Waals surface area contributed by atoms with Crippen LogP contribution in [0.2, 0.25) is 5.02 Å². The Hall–Kier alpha value is -4.83. The van der Waals surface area contributed by atoms with E-state index in [1.807, 2.05) is 6.08 Å². The largest absolute Gasteiger partial charge is 0.508 e. The Morgan fingerprint density at radius 2 is 1.64 bits per heavy atom. The van der Waals surface area contributed by atoms with Crippen molar-refractivity contribution in [3.05, 3.63) is 100 Å². The van der Waals surface area contributed by atoms with Gasteiger partial charge in [-0.15, -0.1) is 0 Å². The van der Waals surface area contributed by atoms with Gasteiger partial charge in [-0.1, -0.05) is 47.5 Å². The molecule has 2 heterocycles. The molecule has 0 spiro atoms. The molecule has 0 bridgehead atoms. The van der Waals surface area contributed by atoms with Crippen molar-refractivity contribution in [2.75, 3.05) is 9.80 Å². The van der Waals surface area contributed by atoms with Crippen LogP contribution in [-0.2, 0) is 19.2 Å². The second kappa shape index (κ2) is 10.1. The van der Waals surface area contributed by atoms with Crippen molar-refractivity contribution in [2.45, 2.75) is 25.7 Å². The molecule has 9 nitrogen and oxygen atoms in total. The van der Waals surface area contributed by atoms with Gasteiger partial charge in [0, 0.05) is 11.5 Å². The number of carbonyl (C=O) groups excluding carboxylic acids is 4. The predicted octanol–water partition coefficient (Wildman–Crippen LogP) is 5.32. The van der Waals surface area contributed by atoms with Gasteiger partial charge in [-0.3, -0.25) is 24.1 Å². The lowest BCUT2D eigenvalue weighted by molar-refractivity contribution is -0.131. The van der Waals surface area contributed by atoms with E-state index < -0.39 is 70.4 Å². The molecule has 2 saturated heterocycles. The Morgan fingerprint density at radius 1 is 0.911 bits per heavy atom. The Balaban J connectivity index is 1.36. The topological polar surface area (TPSA) is 132 Å². The number of amides is 4. The van der Waals surface area contributed by atoms with Gasteiger partial charge in [-0.05, 0) is 68.1 Å². The van der Waals surface area contributed by atoms with Crippen LogP contribution in [0.15, 0.2) is 78.4 Å². The van der Waals surface area contributed by atoms with Crippen LogP contribution in [0, 0.1) is 34.9 Å². The minimum Gasteiger partial charge on any atom is -0.508 e. The van der Waals surface area contributed by atoms with Crippen molar-refractivity contribution in [3.8, 4) is 5.75 Å². The van der Waals surface area contributed by atoms with Crippen LogP contribution in [0.3, 0.4) is 0 Å². The maximum absolute atomic E-state index is 14.4. The third-order valence-corrected chi connectivity index (χ3v) is 10.3. The summed E-state index contributed by atoms with van der Waals surface area (Å²) in [6, 6.07) is 15.7. The number of carbonyl (C=O) groups is 5. The number of allylic oxidation sites excluding steroid dienone is 2. The van der Waals surface area contributed by atoms with Crippen LogP contribution >= 0.6 is 11.6 Å². The van der Waals surface area contributed by atoms with E-state index in [4.69, 9.17) is 11.6 Å². The number of carboxylic acid groups (broad SMARTS) is 1. The molecule has 3 fully saturated rings. The Morgan fingerprint density at radius 3 is 2.36 bits per heavy atom. The number of hydrogen-bond acceptors (Lipinski definition) is 6. The summed E-state index contributed by atoms with van der Waals surface area (Å²) in [5.41, 5.74) is -0.139. The molecule has 2 aliphatic heterocycles. The zero-order valence-electron chi connectivity index (χ0n) is 23.8. The van der Waals surface area contributed by atoms with Gasteiger partial charge in [0.1, 0.15) is 11.6 Å². The molecule has 6 atom stereocenters. The van der Waals surface area contributed by atoms with E-state index in [1.54, 1.807) is 25.1 Å². The summed E-state index contributed by atoms with van der Waals surface area (Å²) in [6.45, 7) is 1.68. The zero-order valence-corrected chi connectivity index (χ0v) is 24.6. The number of para-hydroxylation sites is 1. The van der Waals surface area contributed by atoms with Crippen LogP contribution in [0.4, 0.5) is 15.8 Å². The van der Waals surface area contributed by atoms with E-state index in [9.17, 15) is 38.6 Å². The Bertz CT molecular complexity index is 1890. The van der Waals surface area contributed by atoms with Crippen molar-refractivity contribution in [1.82, 2.24) is 0 Å². The fourth-order valence-corrected chi connectivity index (χ4v) is 8.17. The number of benzene rings is 3. The fourth-order valence-electron chi connectivity index (χ4n) is 7.99. The maximum Gasteiger partial charge on any atom is 0.335 e. The second-order valence-corrected chi connectivity index (χ2v) is 12.6. The molecule has 0 radical (unpaired) electrons. The van der Waals surface area contributed by atoms with E-state index >= 15 is 0 Å². The van der Waals surface area contributed by atoms with E-state index in [-0.39, 0.29) is 40.6 Å². The van der Waals surface area contributed by atoms with Gasteiger partial charge in [-0.2, -0.15) is 0 Å². The van der Waals surface area contributed by atoms with Gasteiger partial charge >= 0.3 is 5.97 Å². The lowest BCUT2D eigenvalue weighted by Gasteiger charge is -2.49. The molecule has 4 aliphatic rings. The van der Waals surface area contributed by atoms with Crippen molar-refractivity contribution in [3.63, 3.8) is 0 Å². The van der Waals surface area contributed by atoms with E-state index in [0.29, 0.717) is 11.1 Å². The van der Waals surface area contributed by atoms with Crippen molar-refractivity contribution in [1.29, 1.82) is 0 Å². The van der Waals surface area contributed by atoms with Gasteiger partial charge in [0.25, 0.3) is 0 Å². The molecule has 3 aromatic rings. The molecule has 45 heavy (non-hydrogen) atoms. The predicted molar refractivity (Wildman–Crippen MR) is 160 cm³/mol. The zero-order chi connectivity index (χ0) is 31.9. The summed E-state index contributed by atoms with van der Waals surface area (Å²) in [5, 5.41) is 20.3. The van der Waals surface area contributed by atoms with Gasteiger partial charge in [0.2, 0.25) is 23.6 Å². The molecular formula is C34H26ClFN2O7. The summed E-state index contributed by atoms with van der Waals surface area (Å²) in [5.74, 6) is -8.11. The number of phenolic OH excluding ortho intramolecular Hbond substituents is 1. The van der Waals surface area contributed by atoms with Crippen LogP contribution in [-0.4, -0.2) is 39.8 Å². The monoisotopic (exact) mass is 628 g/mol.